The summed E-state index contributed by atoms with van der Waals surface area (Å²) in [4.78, 5) is 11.3. The zero-order chi connectivity index (χ0) is 15.6. The lowest BCUT2D eigenvalue weighted by molar-refractivity contribution is -0.137. The molecule has 0 aliphatic heterocycles. The Bertz CT molecular complexity index is 300. The highest BCUT2D eigenvalue weighted by molar-refractivity contribution is 5.82. The fraction of sp³-hybridized carbons (Fsp3) is 0.824. The average molecular weight is 284 g/mol. The molecule has 0 aromatic heterocycles. The Morgan fingerprint density at radius 3 is 2.45 bits per heavy atom. The fourth-order valence-electron chi connectivity index (χ4n) is 1.90. The Labute approximate surface area is 124 Å². The third-order valence-corrected chi connectivity index (χ3v) is 3.06. The van der Waals surface area contributed by atoms with E-state index in [0.29, 0.717) is 12.5 Å². The molecule has 0 aromatic carbocycles. The van der Waals surface area contributed by atoms with Gasteiger partial charge in [-0.05, 0) is 59.8 Å². The molecule has 0 heterocycles. The molecular weight excluding hydrogens is 252 g/mol. The van der Waals surface area contributed by atoms with Gasteiger partial charge in [0.15, 0.2) is 0 Å². The van der Waals surface area contributed by atoms with Crippen LogP contribution in [0.4, 0.5) is 0 Å². The molecule has 0 aliphatic carbocycles. The number of ether oxygens (including phenoxy) is 2. The molecule has 0 fully saturated rings. The van der Waals surface area contributed by atoms with Crippen molar-refractivity contribution in [2.45, 2.75) is 72.8 Å². The van der Waals surface area contributed by atoms with Gasteiger partial charge in [-0.3, -0.25) is 0 Å². The molecule has 0 amide bonds. The van der Waals surface area contributed by atoms with Crippen LogP contribution in [-0.4, -0.2) is 24.8 Å². The van der Waals surface area contributed by atoms with Crippen molar-refractivity contribution >= 4 is 5.97 Å². The maximum atomic E-state index is 11.3. The molecule has 0 saturated heterocycles. The molecule has 1 unspecified atom stereocenters. The normalized spacial score (nSPS) is 14.2. The summed E-state index contributed by atoms with van der Waals surface area (Å²) in [6.45, 7) is 13.6. The first-order valence-electron chi connectivity index (χ1n) is 7.72. The van der Waals surface area contributed by atoms with Crippen molar-refractivity contribution in [2.24, 2.45) is 5.92 Å². The third-order valence-electron chi connectivity index (χ3n) is 3.06. The van der Waals surface area contributed by atoms with Crippen LogP contribution in [0.25, 0.3) is 0 Å². The molecule has 0 rings (SSSR count). The zero-order valence-corrected chi connectivity index (χ0v) is 14.1. The summed E-state index contributed by atoms with van der Waals surface area (Å²) >= 11 is 0. The molecular formula is C17H32O3. The van der Waals surface area contributed by atoms with Gasteiger partial charge in [-0.25, -0.2) is 4.79 Å². The van der Waals surface area contributed by atoms with Crippen molar-refractivity contribution in [1.29, 1.82) is 0 Å². The molecule has 3 heteroatoms. The second-order valence-corrected chi connectivity index (χ2v) is 6.49. The lowest BCUT2D eigenvalue weighted by atomic mass is 9.99. The molecule has 0 bridgehead atoms. The summed E-state index contributed by atoms with van der Waals surface area (Å²) in [5, 5.41) is 0. The van der Waals surface area contributed by atoms with Gasteiger partial charge >= 0.3 is 5.97 Å². The second kappa shape index (κ2) is 9.98. The highest BCUT2D eigenvalue weighted by Crippen LogP contribution is 2.17. The second-order valence-electron chi connectivity index (χ2n) is 6.49. The van der Waals surface area contributed by atoms with Gasteiger partial charge in [0.2, 0.25) is 0 Å². The largest absolute Gasteiger partial charge is 0.463 e. The Hall–Kier alpha value is -0.830. The minimum Gasteiger partial charge on any atom is -0.463 e. The van der Waals surface area contributed by atoms with Gasteiger partial charge in [0.05, 0.1) is 12.2 Å². The van der Waals surface area contributed by atoms with Crippen LogP contribution < -0.4 is 0 Å². The summed E-state index contributed by atoms with van der Waals surface area (Å²) in [6.07, 6.45) is 5.94. The molecule has 1 atom stereocenters. The monoisotopic (exact) mass is 284 g/mol. The number of hydrogen-bond acceptors (Lipinski definition) is 3. The summed E-state index contributed by atoms with van der Waals surface area (Å²) < 4.78 is 10.6. The SMILES string of the molecule is CCOC(=O)C=C(C)CCCC(C)CCOC(C)(C)C. The predicted octanol–water partition coefficient (Wildman–Crippen LogP) is 4.51. The minimum absolute atomic E-state index is 0.0430. The number of carbonyl (C=O) groups excluding carboxylic acids is 1. The van der Waals surface area contributed by atoms with E-state index in [2.05, 4.69) is 27.7 Å². The van der Waals surface area contributed by atoms with Crippen LogP contribution in [0.5, 0.6) is 0 Å². The first kappa shape index (κ1) is 19.2. The van der Waals surface area contributed by atoms with Crippen LogP contribution in [0.1, 0.15) is 67.2 Å². The Kier molecular flexibility index (Phi) is 9.56. The van der Waals surface area contributed by atoms with Gasteiger partial charge in [0, 0.05) is 12.7 Å². The molecule has 0 saturated carbocycles. The number of allylic oxidation sites excluding steroid dienone is 1. The fourth-order valence-corrected chi connectivity index (χ4v) is 1.90. The Morgan fingerprint density at radius 2 is 1.90 bits per heavy atom. The van der Waals surface area contributed by atoms with E-state index in [1.54, 1.807) is 6.08 Å². The average Bonchev–Trinajstić information content (AvgIpc) is 2.27. The molecule has 0 aliphatic rings. The summed E-state index contributed by atoms with van der Waals surface area (Å²) in [5.41, 5.74) is 1.06. The highest BCUT2D eigenvalue weighted by atomic mass is 16.5. The molecule has 20 heavy (non-hydrogen) atoms. The number of hydrogen-bond donors (Lipinski definition) is 0. The van der Waals surface area contributed by atoms with Gasteiger partial charge < -0.3 is 9.47 Å². The van der Waals surface area contributed by atoms with Gasteiger partial charge in [0.1, 0.15) is 0 Å². The smallest absolute Gasteiger partial charge is 0.330 e. The van der Waals surface area contributed by atoms with Crippen molar-refractivity contribution in [1.82, 2.24) is 0 Å². The molecule has 3 nitrogen and oxygen atoms in total. The quantitative estimate of drug-likeness (QED) is 0.461. The van der Waals surface area contributed by atoms with Crippen LogP contribution in [-0.2, 0) is 14.3 Å². The third kappa shape index (κ3) is 12.2. The van der Waals surface area contributed by atoms with E-state index >= 15 is 0 Å². The van der Waals surface area contributed by atoms with E-state index in [0.717, 1.165) is 31.4 Å². The highest BCUT2D eigenvalue weighted by Gasteiger charge is 2.11. The van der Waals surface area contributed by atoms with Crippen LogP contribution in [0.3, 0.4) is 0 Å². The minimum atomic E-state index is -0.225. The van der Waals surface area contributed by atoms with Gasteiger partial charge in [-0.15, -0.1) is 0 Å². The van der Waals surface area contributed by atoms with E-state index in [1.807, 2.05) is 13.8 Å². The van der Waals surface area contributed by atoms with E-state index in [9.17, 15) is 4.79 Å². The Morgan fingerprint density at radius 1 is 1.25 bits per heavy atom. The van der Waals surface area contributed by atoms with Crippen molar-refractivity contribution in [3.63, 3.8) is 0 Å². The number of carbonyl (C=O) groups is 1. The maximum absolute atomic E-state index is 11.3. The van der Waals surface area contributed by atoms with Crippen LogP contribution in [0, 0.1) is 5.92 Å². The van der Waals surface area contributed by atoms with Crippen molar-refractivity contribution in [2.75, 3.05) is 13.2 Å². The molecule has 0 N–H and O–H groups in total. The lowest BCUT2D eigenvalue weighted by Gasteiger charge is -2.21. The molecule has 0 radical (unpaired) electrons. The summed E-state index contributed by atoms with van der Waals surface area (Å²) in [6, 6.07) is 0. The predicted molar refractivity (Wildman–Crippen MR) is 83.7 cm³/mol. The van der Waals surface area contributed by atoms with Crippen molar-refractivity contribution in [3.05, 3.63) is 11.6 Å². The van der Waals surface area contributed by atoms with Crippen molar-refractivity contribution < 1.29 is 14.3 Å². The topological polar surface area (TPSA) is 35.5 Å². The van der Waals surface area contributed by atoms with Crippen LogP contribution in [0.2, 0.25) is 0 Å². The molecule has 0 aromatic rings. The van der Waals surface area contributed by atoms with Crippen LogP contribution >= 0.6 is 0 Å². The Balaban J connectivity index is 3.75. The summed E-state index contributed by atoms with van der Waals surface area (Å²) in [5.74, 6) is 0.435. The van der Waals surface area contributed by atoms with Crippen molar-refractivity contribution in [3.8, 4) is 0 Å². The van der Waals surface area contributed by atoms with E-state index in [1.165, 1.54) is 6.42 Å². The summed E-state index contributed by atoms with van der Waals surface area (Å²) in [7, 11) is 0. The zero-order valence-electron chi connectivity index (χ0n) is 14.1. The number of esters is 1. The maximum Gasteiger partial charge on any atom is 0.330 e. The van der Waals surface area contributed by atoms with Gasteiger partial charge in [-0.2, -0.15) is 0 Å². The lowest BCUT2D eigenvalue weighted by Crippen LogP contribution is -2.20. The van der Waals surface area contributed by atoms with E-state index in [-0.39, 0.29) is 11.6 Å². The van der Waals surface area contributed by atoms with E-state index < -0.39 is 0 Å². The first-order chi connectivity index (χ1) is 9.24. The standard InChI is InChI=1S/C17H32O3/c1-7-19-16(18)13-15(3)10-8-9-14(2)11-12-20-17(4,5)6/h13-14H,7-12H2,1-6H3. The van der Waals surface area contributed by atoms with Crippen LogP contribution in [0.15, 0.2) is 11.6 Å². The first-order valence-corrected chi connectivity index (χ1v) is 7.72. The van der Waals surface area contributed by atoms with Gasteiger partial charge in [-0.1, -0.05) is 18.9 Å². The van der Waals surface area contributed by atoms with E-state index in [4.69, 9.17) is 9.47 Å². The molecule has 0 spiro atoms. The molecule has 118 valence electrons. The van der Waals surface area contributed by atoms with Gasteiger partial charge in [0.25, 0.3) is 0 Å². The number of rotatable bonds is 9.